The molecule has 1 atom stereocenters. The highest BCUT2D eigenvalue weighted by Crippen LogP contribution is 2.34. The Morgan fingerprint density at radius 3 is 2.52 bits per heavy atom. The Balaban J connectivity index is 1.51. The van der Waals surface area contributed by atoms with Gasteiger partial charge >= 0.3 is 6.09 Å². The number of nitrogens with one attached hydrogen (secondary N) is 1. The molecule has 2 aliphatic rings. The lowest BCUT2D eigenvalue weighted by Gasteiger charge is -2.36. The minimum atomic E-state index is -0.516. The molecule has 1 amide bonds. The molecule has 1 N–H and O–H groups in total. The molecule has 33 heavy (non-hydrogen) atoms. The summed E-state index contributed by atoms with van der Waals surface area (Å²) >= 11 is 6.29. The number of ether oxygens (including phenoxy) is 1. The summed E-state index contributed by atoms with van der Waals surface area (Å²) in [6, 6.07) is 6.13. The Kier molecular flexibility index (Phi) is 7.27. The summed E-state index contributed by atoms with van der Waals surface area (Å²) in [4.78, 5) is 26.0. The first kappa shape index (κ1) is 23.6. The van der Waals surface area contributed by atoms with Crippen molar-refractivity contribution in [2.24, 2.45) is 0 Å². The van der Waals surface area contributed by atoms with Crippen LogP contribution in [0.5, 0.6) is 0 Å². The van der Waals surface area contributed by atoms with E-state index in [1.807, 2.05) is 39.2 Å². The number of piperidine rings is 2. The Hall–Kier alpha value is -2.54. The van der Waals surface area contributed by atoms with Crippen LogP contribution in [0.1, 0.15) is 52.9 Å². The number of hydrogen-bond acceptors (Lipinski definition) is 6. The number of anilines is 2. The number of halogens is 1. The topological polar surface area (TPSA) is 70.6 Å². The predicted octanol–water partition coefficient (Wildman–Crippen LogP) is 5.28. The number of pyridine rings is 2. The Morgan fingerprint density at radius 2 is 1.82 bits per heavy atom. The predicted molar refractivity (Wildman–Crippen MR) is 133 cm³/mol. The maximum Gasteiger partial charge on any atom is 0.407 e. The number of aromatic nitrogens is 2. The number of hydrogen-bond donors (Lipinski definition) is 1. The lowest BCUT2D eigenvalue weighted by atomic mass is 10.0. The minimum Gasteiger partial charge on any atom is -0.444 e. The van der Waals surface area contributed by atoms with E-state index in [1.54, 1.807) is 0 Å². The van der Waals surface area contributed by atoms with Crippen LogP contribution in [0, 0.1) is 0 Å². The number of carbonyl (C=O) groups excluding carboxylic acids is 1. The van der Waals surface area contributed by atoms with Gasteiger partial charge in [-0.1, -0.05) is 11.6 Å². The first-order valence-electron chi connectivity index (χ1n) is 11.9. The van der Waals surface area contributed by atoms with Crippen molar-refractivity contribution in [2.75, 3.05) is 36.0 Å². The van der Waals surface area contributed by atoms with Crippen molar-refractivity contribution in [3.05, 3.63) is 35.7 Å². The lowest BCUT2D eigenvalue weighted by molar-refractivity contribution is 0.0500. The zero-order valence-electron chi connectivity index (χ0n) is 19.8. The quantitative estimate of drug-likeness (QED) is 0.611. The van der Waals surface area contributed by atoms with Gasteiger partial charge in [-0.3, -0.25) is 0 Å². The molecule has 2 aliphatic heterocycles. The zero-order valence-corrected chi connectivity index (χ0v) is 20.6. The third-order valence-corrected chi connectivity index (χ3v) is 6.28. The smallest absolute Gasteiger partial charge is 0.407 e. The van der Waals surface area contributed by atoms with Crippen molar-refractivity contribution >= 4 is 29.2 Å². The van der Waals surface area contributed by atoms with E-state index in [0.717, 1.165) is 55.1 Å². The maximum absolute atomic E-state index is 12.3. The normalized spacial score (nSPS) is 19.3. The molecule has 4 rings (SSSR count). The third-order valence-electron chi connectivity index (χ3n) is 6.07. The van der Waals surface area contributed by atoms with Gasteiger partial charge in [0.15, 0.2) is 0 Å². The molecule has 2 aromatic rings. The van der Waals surface area contributed by atoms with Crippen molar-refractivity contribution in [3.8, 4) is 11.1 Å². The van der Waals surface area contributed by atoms with Crippen LogP contribution >= 0.6 is 11.6 Å². The molecule has 0 saturated carbocycles. The molecule has 0 bridgehead atoms. The van der Waals surface area contributed by atoms with Crippen molar-refractivity contribution in [1.29, 1.82) is 0 Å². The van der Waals surface area contributed by atoms with E-state index in [1.165, 1.54) is 19.3 Å². The number of rotatable bonds is 4. The van der Waals surface area contributed by atoms with Gasteiger partial charge in [0, 0.05) is 61.4 Å². The Bertz CT molecular complexity index is 954. The first-order valence-corrected chi connectivity index (χ1v) is 12.3. The average Bonchev–Trinajstić information content (AvgIpc) is 2.79. The SMILES string of the molecule is CC(C)(C)OC(=O)N[C@H]1CCCN(c2cc(Cl)ncc2-c2ccc(N3CCCCC3)nc2)C1. The largest absolute Gasteiger partial charge is 0.444 e. The fourth-order valence-corrected chi connectivity index (χ4v) is 4.70. The van der Waals surface area contributed by atoms with Crippen molar-refractivity contribution in [3.63, 3.8) is 0 Å². The van der Waals surface area contributed by atoms with Crippen LogP contribution < -0.4 is 15.1 Å². The summed E-state index contributed by atoms with van der Waals surface area (Å²) in [7, 11) is 0. The molecular formula is C25H34ClN5O2. The fraction of sp³-hybridized carbons (Fsp3) is 0.560. The molecule has 2 saturated heterocycles. The molecule has 7 nitrogen and oxygen atoms in total. The zero-order chi connectivity index (χ0) is 23.4. The number of nitrogens with zero attached hydrogens (tertiary/aromatic N) is 4. The Morgan fingerprint density at radius 1 is 1.06 bits per heavy atom. The van der Waals surface area contributed by atoms with E-state index >= 15 is 0 Å². The molecule has 4 heterocycles. The van der Waals surface area contributed by atoms with Gasteiger partial charge in [-0.05, 0) is 71.1 Å². The molecule has 0 radical (unpaired) electrons. The van der Waals surface area contributed by atoms with Gasteiger partial charge in [-0.2, -0.15) is 0 Å². The lowest BCUT2D eigenvalue weighted by Crippen LogP contribution is -2.49. The molecule has 0 spiro atoms. The molecule has 2 fully saturated rings. The first-order chi connectivity index (χ1) is 15.8. The summed E-state index contributed by atoms with van der Waals surface area (Å²) < 4.78 is 5.44. The fourth-order valence-electron chi connectivity index (χ4n) is 4.55. The summed E-state index contributed by atoms with van der Waals surface area (Å²) in [5.74, 6) is 1.03. The van der Waals surface area contributed by atoms with E-state index < -0.39 is 5.60 Å². The van der Waals surface area contributed by atoms with E-state index in [-0.39, 0.29) is 12.1 Å². The second-order valence-electron chi connectivity index (χ2n) is 9.91. The van der Waals surface area contributed by atoms with E-state index in [2.05, 4.69) is 32.2 Å². The van der Waals surface area contributed by atoms with Gasteiger partial charge < -0.3 is 19.9 Å². The molecular weight excluding hydrogens is 438 g/mol. The highest BCUT2D eigenvalue weighted by atomic mass is 35.5. The van der Waals surface area contributed by atoms with Gasteiger partial charge in [-0.15, -0.1) is 0 Å². The van der Waals surface area contributed by atoms with Gasteiger partial charge in [0.05, 0.1) is 0 Å². The number of carbonyl (C=O) groups is 1. The highest BCUT2D eigenvalue weighted by Gasteiger charge is 2.26. The maximum atomic E-state index is 12.3. The second-order valence-corrected chi connectivity index (χ2v) is 10.3. The average molecular weight is 472 g/mol. The number of alkyl carbamates (subject to hydrolysis) is 1. The molecule has 0 aromatic carbocycles. The molecule has 2 aromatic heterocycles. The summed E-state index contributed by atoms with van der Waals surface area (Å²) in [5, 5.41) is 3.48. The summed E-state index contributed by atoms with van der Waals surface area (Å²) in [6.45, 7) is 9.32. The molecule has 0 aliphatic carbocycles. The van der Waals surface area contributed by atoms with Crippen LogP contribution in [-0.2, 0) is 4.74 Å². The number of amides is 1. The monoisotopic (exact) mass is 471 g/mol. The van der Waals surface area contributed by atoms with Crippen molar-refractivity contribution in [1.82, 2.24) is 15.3 Å². The van der Waals surface area contributed by atoms with Crippen LogP contribution in [0.2, 0.25) is 5.15 Å². The van der Waals surface area contributed by atoms with E-state index in [9.17, 15) is 4.79 Å². The highest BCUT2D eigenvalue weighted by molar-refractivity contribution is 6.29. The van der Waals surface area contributed by atoms with Crippen molar-refractivity contribution in [2.45, 2.75) is 64.5 Å². The van der Waals surface area contributed by atoms with Crippen LogP contribution in [0.15, 0.2) is 30.6 Å². The van der Waals surface area contributed by atoms with Gasteiger partial charge in [0.2, 0.25) is 0 Å². The van der Waals surface area contributed by atoms with Crippen LogP contribution in [-0.4, -0.2) is 53.9 Å². The van der Waals surface area contributed by atoms with Crippen LogP contribution in [0.4, 0.5) is 16.3 Å². The molecule has 178 valence electrons. The van der Waals surface area contributed by atoms with Crippen LogP contribution in [0.3, 0.4) is 0 Å². The van der Waals surface area contributed by atoms with Crippen molar-refractivity contribution < 1.29 is 9.53 Å². The Labute approximate surface area is 201 Å². The van der Waals surface area contributed by atoms with Gasteiger partial charge in [0.25, 0.3) is 0 Å². The van der Waals surface area contributed by atoms with Crippen LogP contribution in [0.25, 0.3) is 11.1 Å². The standard InChI is InChI=1S/C25H34ClN5O2/c1-25(2,3)33-24(32)29-19-8-7-13-31(17-19)21-14-22(26)27-16-20(21)18-9-10-23(28-15-18)30-11-5-4-6-12-30/h9-10,14-16,19H,4-8,11-13,17H2,1-3H3,(H,29,32)/t19-/m0/s1. The van der Waals surface area contributed by atoms with Gasteiger partial charge in [-0.25, -0.2) is 14.8 Å². The molecule has 0 unspecified atom stereocenters. The summed E-state index contributed by atoms with van der Waals surface area (Å²) in [6.07, 6.45) is 9.00. The van der Waals surface area contributed by atoms with E-state index in [0.29, 0.717) is 11.7 Å². The third kappa shape index (κ3) is 6.28. The minimum absolute atomic E-state index is 0.00740. The summed E-state index contributed by atoms with van der Waals surface area (Å²) in [5.41, 5.74) is 2.50. The van der Waals surface area contributed by atoms with E-state index in [4.69, 9.17) is 21.3 Å². The van der Waals surface area contributed by atoms with Gasteiger partial charge in [0.1, 0.15) is 16.6 Å². The molecule has 8 heteroatoms. The second kappa shape index (κ2) is 10.2.